The van der Waals surface area contributed by atoms with Crippen LogP contribution in [0.4, 0.5) is 0 Å². The van der Waals surface area contributed by atoms with Gasteiger partial charge in [0.2, 0.25) is 0 Å². The van der Waals surface area contributed by atoms with E-state index in [1.807, 2.05) is 0 Å². The van der Waals surface area contributed by atoms with Crippen LogP contribution in [0.3, 0.4) is 0 Å². The lowest BCUT2D eigenvalue weighted by Gasteiger charge is -2.58. The first-order valence-electron chi connectivity index (χ1n) is 9.89. The molecule has 4 aliphatic carbocycles. The van der Waals surface area contributed by atoms with Gasteiger partial charge in [0.25, 0.3) is 0 Å². The quantitative estimate of drug-likeness (QED) is 0.590. The number of hydrogen-bond acceptors (Lipinski definition) is 3. The van der Waals surface area contributed by atoms with Crippen LogP contribution in [0, 0.1) is 28.6 Å². The maximum Gasteiger partial charge on any atom is 0.164 e. The standard InChI is InChI=1S/C21H30O3/c1-12(22)21-18(24-21)11-17-15-5-4-13-10-14(23)6-8-19(13,2)16(15)7-9-20(17,21)3/h4,14-18,23H,5-11H2,1-3H3/t14-,15+,16+,17+,18-,19-,20+,21-/m0/s1. The van der Waals surface area contributed by atoms with E-state index in [0.29, 0.717) is 11.8 Å². The Morgan fingerprint density at radius 1 is 1.25 bits per heavy atom. The molecule has 1 N–H and O–H groups in total. The van der Waals surface area contributed by atoms with Crippen molar-refractivity contribution in [2.75, 3.05) is 0 Å². The number of aliphatic hydroxyl groups excluding tert-OH is 1. The van der Waals surface area contributed by atoms with Gasteiger partial charge in [0.15, 0.2) is 11.4 Å². The predicted octanol–water partition coefficient (Wildman–Crippen LogP) is 3.65. The number of ether oxygens (including phenoxy) is 1. The third kappa shape index (κ3) is 1.60. The molecule has 4 fully saturated rings. The van der Waals surface area contributed by atoms with Crippen LogP contribution in [0.1, 0.15) is 65.7 Å². The molecule has 3 saturated carbocycles. The molecule has 0 spiro atoms. The highest BCUT2D eigenvalue weighted by Gasteiger charge is 2.79. The molecular weight excluding hydrogens is 300 g/mol. The normalized spacial score (nSPS) is 58.0. The zero-order valence-electron chi connectivity index (χ0n) is 15.2. The summed E-state index contributed by atoms with van der Waals surface area (Å²) in [6, 6.07) is 0. The number of carbonyl (C=O) groups excluding carboxylic acids is 1. The summed E-state index contributed by atoms with van der Waals surface area (Å²) in [6.07, 6.45) is 10.0. The van der Waals surface area contributed by atoms with Gasteiger partial charge in [-0.1, -0.05) is 25.5 Å². The molecule has 3 nitrogen and oxygen atoms in total. The van der Waals surface area contributed by atoms with Crippen LogP contribution in [-0.2, 0) is 9.53 Å². The molecule has 0 aromatic rings. The van der Waals surface area contributed by atoms with Crippen LogP contribution in [0.15, 0.2) is 11.6 Å². The second-order valence-electron chi connectivity index (χ2n) is 9.75. The van der Waals surface area contributed by atoms with Crippen molar-refractivity contribution < 1.29 is 14.6 Å². The Kier molecular flexibility index (Phi) is 2.94. The number of carbonyl (C=O) groups is 1. The highest BCUT2D eigenvalue weighted by atomic mass is 16.6. The number of fused-ring (bicyclic) bond motifs is 7. The van der Waals surface area contributed by atoms with Crippen LogP contribution in [0.2, 0.25) is 0 Å². The molecule has 132 valence electrons. The number of hydrogen-bond donors (Lipinski definition) is 1. The minimum absolute atomic E-state index is 0.0422. The van der Waals surface area contributed by atoms with Gasteiger partial charge in [-0.3, -0.25) is 4.79 Å². The monoisotopic (exact) mass is 330 g/mol. The molecule has 0 bridgehead atoms. The van der Waals surface area contributed by atoms with Crippen LogP contribution >= 0.6 is 0 Å². The molecule has 5 aliphatic rings. The van der Waals surface area contributed by atoms with Crippen molar-refractivity contribution in [1.82, 2.24) is 0 Å². The first-order valence-corrected chi connectivity index (χ1v) is 9.89. The smallest absolute Gasteiger partial charge is 0.164 e. The average Bonchev–Trinajstić information content (AvgIpc) is 3.21. The molecule has 1 saturated heterocycles. The maximum atomic E-state index is 12.4. The minimum atomic E-state index is -0.448. The van der Waals surface area contributed by atoms with Gasteiger partial charge >= 0.3 is 0 Å². The number of epoxide rings is 1. The van der Waals surface area contributed by atoms with Gasteiger partial charge in [0.05, 0.1) is 12.2 Å². The Labute approximate surface area is 144 Å². The summed E-state index contributed by atoms with van der Waals surface area (Å²) in [7, 11) is 0. The zero-order chi connectivity index (χ0) is 16.9. The molecule has 0 amide bonds. The van der Waals surface area contributed by atoms with E-state index in [4.69, 9.17) is 4.74 Å². The molecule has 0 aromatic carbocycles. The molecule has 1 heterocycles. The van der Waals surface area contributed by atoms with E-state index in [1.165, 1.54) is 12.0 Å². The number of aliphatic hydroxyl groups is 1. The van der Waals surface area contributed by atoms with Gasteiger partial charge in [-0.15, -0.1) is 0 Å². The lowest BCUT2D eigenvalue weighted by molar-refractivity contribution is -0.135. The van der Waals surface area contributed by atoms with Gasteiger partial charge in [-0.2, -0.15) is 0 Å². The van der Waals surface area contributed by atoms with E-state index in [0.717, 1.165) is 44.4 Å². The molecule has 0 radical (unpaired) electrons. The first kappa shape index (κ1) is 15.6. The number of Topliss-reactive ketones (excluding diaryl/α,β-unsaturated/α-hetero) is 1. The Balaban J connectivity index is 1.51. The first-order chi connectivity index (χ1) is 11.3. The van der Waals surface area contributed by atoms with E-state index in [9.17, 15) is 9.90 Å². The molecule has 3 heteroatoms. The molecule has 5 rings (SSSR count). The third-order valence-corrected chi connectivity index (χ3v) is 9.03. The van der Waals surface area contributed by atoms with Crippen LogP contribution in [-0.4, -0.2) is 28.7 Å². The SMILES string of the molecule is CC(=O)[C@]12O[C@H]1C[C@@H]1[C@@H]3CC=C4C[C@@H](O)CC[C@]4(C)[C@@H]3CC[C@]12C. The summed E-state index contributed by atoms with van der Waals surface area (Å²) < 4.78 is 6.00. The fourth-order valence-corrected chi connectivity index (χ4v) is 7.71. The lowest BCUT2D eigenvalue weighted by atomic mass is 9.47. The summed E-state index contributed by atoms with van der Waals surface area (Å²) in [4.78, 5) is 12.4. The zero-order valence-corrected chi connectivity index (χ0v) is 15.2. The van der Waals surface area contributed by atoms with Gasteiger partial charge in [0, 0.05) is 5.41 Å². The summed E-state index contributed by atoms with van der Waals surface area (Å²) in [6.45, 7) is 6.54. The molecule has 24 heavy (non-hydrogen) atoms. The topological polar surface area (TPSA) is 49.8 Å². The summed E-state index contributed by atoms with van der Waals surface area (Å²) >= 11 is 0. The summed E-state index contributed by atoms with van der Waals surface area (Å²) in [5, 5.41) is 10.1. The number of ketones is 1. The highest BCUT2D eigenvalue weighted by molar-refractivity contribution is 5.90. The Morgan fingerprint density at radius 3 is 2.79 bits per heavy atom. The van der Waals surface area contributed by atoms with Crippen molar-refractivity contribution in [2.24, 2.45) is 28.6 Å². The molecule has 8 atom stereocenters. The molecule has 0 unspecified atom stereocenters. The van der Waals surface area contributed by atoms with E-state index in [1.54, 1.807) is 6.92 Å². The fourth-order valence-electron chi connectivity index (χ4n) is 7.71. The second kappa shape index (κ2) is 4.54. The predicted molar refractivity (Wildman–Crippen MR) is 91.4 cm³/mol. The fraction of sp³-hybridized carbons (Fsp3) is 0.857. The van der Waals surface area contributed by atoms with Crippen molar-refractivity contribution in [2.45, 2.75) is 83.5 Å². The van der Waals surface area contributed by atoms with Crippen molar-refractivity contribution in [3.63, 3.8) is 0 Å². The Morgan fingerprint density at radius 2 is 2.04 bits per heavy atom. The van der Waals surface area contributed by atoms with Gasteiger partial charge in [0.1, 0.15) is 0 Å². The average molecular weight is 330 g/mol. The van der Waals surface area contributed by atoms with E-state index < -0.39 is 5.60 Å². The van der Waals surface area contributed by atoms with Crippen LogP contribution < -0.4 is 0 Å². The lowest BCUT2D eigenvalue weighted by Crippen LogP contribution is -2.54. The van der Waals surface area contributed by atoms with Gasteiger partial charge in [-0.05, 0) is 75.0 Å². The summed E-state index contributed by atoms with van der Waals surface area (Å²) in [5.41, 5.74) is 1.39. The van der Waals surface area contributed by atoms with E-state index in [-0.39, 0.29) is 28.8 Å². The Hall–Kier alpha value is -0.670. The number of rotatable bonds is 1. The van der Waals surface area contributed by atoms with Crippen molar-refractivity contribution in [1.29, 1.82) is 0 Å². The van der Waals surface area contributed by atoms with Gasteiger partial charge in [-0.25, -0.2) is 0 Å². The largest absolute Gasteiger partial charge is 0.393 e. The van der Waals surface area contributed by atoms with E-state index >= 15 is 0 Å². The van der Waals surface area contributed by atoms with Gasteiger partial charge < -0.3 is 9.84 Å². The van der Waals surface area contributed by atoms with Crippen molar-refractivity contribution >= 4 is 5.78 Å². The maximum absolute atomic E-state index is 12.4. The van der Waals surface area contributed by atoms with Crippen LogP contribution in [0.25, 0.3) is 0 Å². The molecule has 0 aromatic heterocycles. The van der Waals surface area contributed by atoms with Crippen molar-refractivity contribution in [3.8, 4) is 0 Å². The highest BCUT2D eigenvalue weighted by Crippen LogP contribution is 2.73. The third-order valence-electron chi connectivity index (χ3n) is 9.03. The molecular formula is C21H30O3. The van der Waals surface area contributed by atoms with Crippen molar-refractivity contribution in [3.05, 3.63) is 11.6 Å². The number of allylic oxidation sites excluding steroid dienone is 1. The minimum Gasteiger partial charge on any atom is -0.393 e. The van der Waals surface area contributed by atoms with Crippen LogP contribution in [0.5, 0.6) is 0 Å². The Bertz CT molecular complexity index is 639. The van der Waals surface area contributed by atoms with E-state index in [2.05, 4.69) is 19.9 Å². The summed E-state index contributed by atoms with van der Waals surface area (Å²) in [5.74, 6) is 2.31. The molecule has 1 aliphatic heterocycles. The second-order valence-corrected chi connectivity index (χ2v) is 9.75.